The summed E-state index contributed by atoms with van der Waals surface area (Å²) in [6, 6.07) is 10.4. The predicted octanol–water partition coefficient (Wildman–Crippen LogP) is 4.36. The van der Waals surface area contributed by atoms with Crippen LogP contribution in [0, 0.1) is 11.6 Å². The third-order valence-corrected chi connectivity index (χ3v) is 8.07. The molecule has 0 bridgehead atoms. The molecule has 208 valence electrons. The predicted molar refractivity (Wildman–Crippen MR) is 146 cm³/mol. The van der Waals surface area contributed by atoms with Gasteiger partial charge in [0.25, 0.3) is 5.91 Å². The van der Waals surface area contributed by atoms with Gasteiger partial charge in [0.2, 0.25) is 15.8 Å². The Labute approximate surface area is 229 Å². The smallest absolute Gasteiger partial charge is 0.254 e. The first-order valence-electron chi connectivity index (χ1n) is 12.7. The van der Waals surface area contributed by atoms with Gasteiger partial charge in [-0.3, -0.25) is 14.3 Å². The van der Waals surface area contributed by atoms with E-state index in [2.05, 4.69) is 14.7 Å². The van der Waals surface area contributed by atoms with Crippen LogP contribution in [0.4, 0.5) is 14.5 Å². The average Bonchev–Trinajstić information content (AvgIpc) is 3.38. The number of rotatable bonds is 8. The minimum absolute atomic E-state index is 0.0326. The molecule has 0 saturated carbocycles. The van der Waals surface area contributed by atoms with Crippen LogP contribution in [0.1, 0.15) is 39.6 Å². The van der Waals surface area contributed by atoms with Gasteiger partial charge in [-0.25, -0.2) is 22.2 Å². The number of halogens is 2. The molecule has 9 nitrogen and oxygen atoms in total. The number of morpholine rings is 1. The van der Waals surface area contributed by atoms with Crippen molar-refractivity contribution in [2.75, 3.05) is 36.8 Å². The molecule has 2 N–H and O–H groups in total. The number of aromatic nitrogens is 2. The molecule has 40 heavy (non-hydrogen) atoms. The van der Waals surface area contributed by atoms with Crippen LogP contribution in [-0.2, 0) is 14.8 Å². The molecular formula is C28H26F2N4O5S. The number of carbonyl (C=O) groups excluding carboxylic acids is 2. The Hall–Kier alpha value is -4.16. The zero-order chi connectivity index (χ0) is 28.4. The number of pyridine rings is 1. The van der Waals surface area contributed by atoms with Gasteiger partial charge in [0.05, 0.1) is 30.2 Å². The Morgan fingerprint density at radius 2 is 1.80 bits per heavy atom. The fraction of sp³-hybridized carbons (Fsp3) is 0.250. The van der Waals surface area contributed by atoms with E-state index in [0.717, 1.165) is 17.7 Å². The molecule has 0 unspecified atom stereocenters. The number of nitrogens with one attached hydrogen (secondary N) is 2. The number of ketones is 1. The summed E-state index contributed by atoms with van der Waals surface area (Å²) < 4.78 is 61.7. The van der Waals surface area contributed by atoms with Gasteiger partial charge in [-0.2, -0.15) is 0 Å². The summed E-state index contributed by atoms with van der Waals surface area (Å²) in [4.78, 5) is 35.0. The van der Waals surface area contributed by atoms with E-state index in [9.17, 15) is 22.4 Å². The minimum atomic E-state index is -3.87. The Morgan fingerprint density at radius 1 is 1.07 bits per heavy atom. The van der Waals surface area contributed by atoms with Gasteiger partial charge in [0.1, 0.15) is 11.5 Å². The number of carbonyl (C=O) groups is 2. The highest BCUT2D eigenvalue weighted by Crippen LogP contribution is 2.30. The van der Waals surface area contributed by atoms with Crippen molar-refractivity contribution >= 4 is 38.4 Å². The molecule has 0 atom stereocenters. The van der Waals surface area contributed by atoms with Gasteiger partial charge in [-0.15, -0.1) is 0 Å². The van der Waals surface area contributed by atoms with E-state index in [1.165, 1.54) is 6.20 Å². The van der Waals surface area contributed by atoms with Crippen molar-refractivity contribution in [3.63, 3.8) is 0 Å². The highest BCUT2D eigenvalue weighted by atomic mass is 32.2. The van der Waals surface area contributed by atoms with Crippen LogP contribution in [0.2, 0.25) is 0 Å². The number of benzene rings is 2. The molecule has 1 aliphatic heterocycles. The van der Waals surface area contributed by atoms with Gasteiger partial charge >= 0.3 is 0 Å². The van der Waals surface area contributed by atoms with Crippen LogP contribution in [0.15, 0.2) is 54.9 Å². The van der Waals surface area contributed by atoms with Crippen molar-refractivity contribution in [2.24, 2.45) is 0 Å². The van der Waals surface area contributed by atoms with Gasteiger partial charge in [-0.1, -0.05) is 19.1 Å². The summed E-state index contributed by atoms with van der Waals surface area (Å²) in [6.45, 7) is 3.70. The van der Waals surface area contributed by atoms with E-state index >= 15 is 4.39 Å². The first kappa shape index (κ1) is 27.4. The monoisotopic (exact) mass is 568 g/mol. The van der Waals surface area contributed by atoms with E-state index < -0.39 is 38.7 Å². The number of hydrogen-bond donors (Lipinski definition) is 2. The molecule has 1 fully saturated rings. The molecule has 3 heterocycles. The number of sulfonamides is 1. The molecule has 2 aromatic heterocycles. The van der Waals surface area contributed by atoms with E-state index in [1.807, 2.05) is 0 Å². The number of H-pyrrole nitrogens is 1. The normalized spacial score (nSPS) is 13.9. The van der Waals surface area contributed by atoms with Crippen molar-refractivity contribution in [3.8, 4) is 11.1 Å². The number of nitrogens with zero attached hydrogens (tertiary/aromatic N) is 2. The van der Waals surface area contributed by atoms with E-state index in [1.54, 1.807) is 48.4 Å². The van der Waals surface area contributed by atoms with Crippen molar-refractivity contribution in [1.82, 2.24) is 14.9 Å². The first-order valence-corrected chi connectivity index (χ1v) is 14.3. The lowest BCUT2D eigenvalue weighted by Gasteiger charge is -2.26. The number of amides is 1. The third kappa shape index (κ3) is 5.45. The maximum absolute atomic E-state index is 15.3. The standard InChI is InChI=1S/C28H26F2N4O5S/c1-2-13-40(37,38)33-23-8-7-22(29)24(25(23)30)26(35)21-16-32-27-20(21)14-19(15-31-27)17-3-5-18(6-4-17)28(36)34-9-11-39-12-10-34/h3-8,14-16,33H,2,9-13H2,1H3,(H,31,32). The number of ether oxygens (including phenoxy) is 1. The zero-order valence-electron chi connectivity index (χ0n) is 21.5. The van der Waals surface area contributed by atoms with Crippen LogP contribution in [-0.4, -0.2) is 67.0 Å². The second kappa shape index (κ2) is 11.1. The molecule has 1 amide bonds. The Balaban J connectivity index is 1.45. The highest BCUT2D eigenvalue weighted by Gasteiger charge is 2.26. The lowest BCUT2D eigenvalue weighted by atomic mass is 9.99. The van der Waals surface area contributed by atoms with Gasteiger partial charge in [0.15, 0.2) is 5.82 Å². The molecule has 0 aliphatic carbocycles. The molecule has 4 aromatic rings. The van der Waals surface area contributed by atoms with E-state index in [4.69, 9.17) is 4.74 Å². The quantitative estimate of drug-likeness (QED) is 0.305. The summed E-state index contributed by atoms with van der Waals surface area (Å²) >= 11 is 0. The topological polar surface area (TPSA) is 121 Å². The Bertz CT molecular complexity index is 1700. The summed E-state index contributed by atoms with van der Waals surface area (Å²) in [5.74, 6) is -3.75. The molecule has 5 rings (SSSR count). The molecule has 12 heteroatoms. The van der Waals surface area contributed by atoms with Gasteiger partial charge in [0, 0.05) is 47.6 Å². The third-order valence-electron chi connectivity index (χ3n) is 6.60. The summed E-state index contributed by atoms with van der Waals surface area (Å²) in [5.41, 5.74) is 0.766. The van der Waals surface area contributed by atoms with Crippen molar-refractivity contribution in [3.05, 3.63) is 83.2 Å². The lowest BCUT2D eigenvalue weighted by molar-refractivity contribution is 0.0303. The summed E-state index contributed by atoms with van der Waals surface area (Å²) in [6.07, 6.45) is 3.18. The van der Waals surface area contributed by atoms with Crippen molar-refractivity contribution < 1.29 is 31.5 Å². The number of anilines is 1. The van der Waals surface area contributed by atoms with E-state index in [0.29, 0.717) is 54.9 Å². The lowest BCUT2D eigenvalue weighted by Crippen LogP contribution is -2.40. The van der Waals surface area contributed by atoms with Crippen LogP contribution in [0.3, 0.4) is 0 Å². The van der Waals surface area contributed by atoms with E-state index in [-0.39, 0.29) is 17.2 Å². The molecule has 2 aromatic carbocycles. The molecule has 0 spiro atoms. The average molecular weight is 569 g/mol. The molecule has 1 saturated heterocycles. The van der Waals surface area contributed by atoms with Crippen LogP contribution < -0.4 is 4.72 Å². The first-order chi connectivity index (χ1) is 19.2. The largest absolute Gasteiger partial charge is 0.378 e. The van der Waals surface area contributed by atoms with Crippen molar-refractivity contribution in [2.45, 2.75) is 13.3 Å². The number of aromatic amines is 1. The Morgan fingerprint density at radius 3 is 2.50 bits per heavy atom. The molecular weight excluding hydrogens is 542 g/mol. The zero-order valence-corrected chi connectivity index (χ0v) is 22.4. The van der Waals surface area contributed by atoms with Gasteiger partial charge in [-0.05, 0) is 42.3 Å². The van der Waals surface area contributed by atoms with Crippen molar-refractivity contribution in [1.29, 1.82) is 0 Å². The summed E-state index contributed by atoms with van der Waals surface area (Å²) in [5, 5.41) is 0.326. The van der Waals surface area contributed by atoms with Crippen LogP contribution in [0.25, 0.3) is 22.2 Å². The SMILES string of the molecule is CCCS(=O)(=O)Nc1ccc(F)c(C(=O)c2c[nH]c3ncc(-c4ccc(C(=O)N5CCOCC5)cc4)cc23)c1F. The Kier molecular flexibility index (Phi) is 7.63. The second-order valence-electron chi connectivity index (χ2n) is 9.34. The minimum Gasteiger partial charge on any atom is -0.378 e. The fourth-order valence-corrected chi connectivity index (χ4v) is 5.70. The van der Waals surface area contributed by atoms with Crippen LogP contribution in [0.5, 0.6) is 0 Å². The maximum atomic E-state index is 15.3. The van der Waals surface area contributed by atoms with Gasteiger partial charge < -0.3 is 14.6 Å². The molecule has 0 radical (unpaired) electrons. The summed E-state index contributed by atoms with van der Waals surface area (Å²) in [7, 11) is -3.87. The number of fused-ring (bicyclic) bond motifs is 1. The fourth-order valence-electron chi connectivity index (χ4n) is 4.56. The van der Waals surface area contributed by atoms with Crippen LogP contribution >= 0.6 is 0 Å². The highest BCUT2D eigenvalue weighted by molar-refractivity contribution is 7.92. The maximum Gasteiger partial charge on any atom is 0.254 e. The second-order valence-corrected chi connectivity index (χ2v) is 11.2. The molecule has 1 aliphatic rings. The number of hydrogen-bond acceptors (Lipinski definition) is 6.